The monoisotopic (exact) mass is 522 g/mol. The lowest BCUT2D eigenvalue weighted by atomic mass is 9.89. The Kier molecular flexibility index (Phi) is 5.50. The van der Waals surface area contributed by atoms with Crippen molar-refractivity contribution in [3.63, 3.8) is 0 Å². The Balaban J connectivity index is 1.32. The number of hydrogen-bond acceptors (Lipinski definition) is 3. The number of nitrogens with zero attached hydrogens (tertiary/aromatic N) is 2. The van der Waals surface area contributed by atoms with Gasteiger partial charge in [-0.1, -0.05) is 55.3 Å². The summed E-state index contributed by atoms with van der Waals surface area (Å²) < 4.78 is 13.9. The predicted molar refractivity (Wildman–Crippen MR) is 145 cm³/mol. The third kappa shape index (κ3) is 3.73. The molecular weight excluding hydrogens is 495 g/mol. The number of aromatic nitrogens is 1. The Morgan fingerprint density at radius 1 is 0.923 bits per heavy atom. The van der Waals surface area contributed by atoms with Crippen LogP contribution >= 0.6 is 0 Å². The maximum Gasteiger partial charge on any atom is 0.332 e. The first-order valence-corrected chi connectivity index (χ1v) is 13.4. The van der Waals surface area contributed by atoms with E-state index in [9.17, 15) is 18.8 Å². The molecule has 0 spiro atoms. The number of urea groups is 1. The van der Waals surface area contributed by atoms with Gasteiger partial charge in [0.15, 0.2) is 0 Å². The van der Waals surface area contributed by atoms with Gasteiger partial charge in [-0.25, -0.2) is 14.1 Å². The molecule has 2 aliphatic heterocycles. The van der Waals surface area contributed by atoms with Crippen molar-refractivity contribution < 1.29 is 18.8 Å². The van der Waals surface area contributed by atoms with E-state index in [-0.39, 0.29) is 29.4 Å². The smallest absolute Gasteiger partial charge is 0.332 e. The number of imide groups is 1. The van der Waals surface area contributed by atoms with Crippen molar-refractivity contribution in [3.8, 4) is 0 Å². The van der Waals surface area contributed by atoms with Crippen molar-refractivity contribution in [2.45, 2.75) is 50.2 Å². The fourth-order valence-corrected chi connectivity index (χ4v) is 6.48. The van der Waals surface area contributed by atoms with Crippen LogP contribution in [0.25, 0.3) is 10.9 Å². The van der Waals surface area contributed by atoms with Crippen molar-refractivity contribution in [1.82, 2.24) is 15.2 Å². The SMILES string of the molecule is O=C(NC1CCCC1)c1ccccc1N1C(=O)[C@@H]2Cc3c([nH]c4ccccc34)C(c3ccc(F)cc3)N2C1=O. The van der Waals surface area contributed by atoms with Crippen molar-refractivity contribution in [2.24, 2.45) is 0 Å². The number of para-hydroxylation sites is 2. The normalized spacial score (nSPS) is 20.9. The van der Waals surface area contributed by atoms with E-state index < -0.39 is 18.1 Å². The molecule has 1 aromatic heterocycles. The number of rotatable bonds is 4. The van der Waals surface area contributed by atoms with Gasteiger partial charge in [0.1, 0.15) is 17.9 Å². The van der Waals surface area contributed by atoms with Gasteiger partial charge in [0.25, 0.3) is 11.8 Å². The zero-order chi connectivity index (χ0) is 26.7. The van der Waals surface area contributed by atoms with Gasteiger partial charge in [-0.05, 0) is 54.3 Å². The van der Waals surface area contributed by atoms with Crippen LogP contribution in [-0.4, -0.2) is 39.8 Å². The lowest BCUT2D eigenvalue weighted by Crippen LogP contribution is -2.44. The number of H-pyrrole nitrogens is 1. The molecule has 196 valence electrons. The lowest BCUT2D eigenvalue weighted by molar-refractivity contribution is -0.120. The summed E-state index contributed by atoms with van der Waals surface area (Å²) in [4.78, 5) is 47.7. The molecule has 0 bridgehead atoms. The second-order valence-electron chi connectivity index (χ2n) is 10.6. The fourth-order valence-electron chi connectivity index (χ4n) is 6.48. The molecule has 7 rings (SSSR count). The van der Waals surface area contributed by atoms with Crippen LogP contribution in [-0.2, 0) is 11.2 Å². The number of aromatic amines is 1. The summed E-state index contributed by atoms with van der Waals surface area (Å²) in [5, 5.41) is 4.07. The van der Waals surface area contributed by atoms with Crippen LogP contribution in [0.4, 0.5) is 14.9 Å². The van der Waals surface area contributed by atoms with Gasteiger partial charge in [-0.2, -0.15) is 0 Å². The number of halogens is 1. The van der Waals surface area contributed by atoms with E-state index in [4.69, 9.17) is 0 Å². The summed E-state index contributed by atoms with van der Waals surface area (Å²) in [5.74, 6) is -1.03. The van der Waals surface area contributed by atoms with Gasteiger partial charge < -0.3 is 10.3 Å². The van der Waals surface area contributed by atoms with Crippen LogP contribution in [0.3, 0.4) is 0 Å². The van der Waals surface area contributed by atoms with Gasteiger partial charge in [0, 0.05) is 29.1 Å². The van der Waals surface area contributed by atoms with E-state index in [2.05, 4.69) is 10.3 Å². The molecule has 39 heavy (non-hydrogen) atoms. The number of nitrogens with one attached hydrogen (secondary N) is 2. The number of fused-ring (bicyclic) bond motifs is 4. The molecule has 2 fully saturated rings. The molecule has 1 unspecified atom stereocenters. The largest absolute Gasteiger partial charge is 0.356 e. The van der Waals surface area contributed by atoms with Crippen molar-refractivity contribution in [2.75, 3.05) is 4.90 Å². The van der Waals surface area contributed by atoms with Crippen LogP contribution in [0.2, 0.25) is 0 Å². The lowest BCUT2D eigenvalue weighted by Gasteiger charge is -2.36. The van der Waals surface area contributed by atoms with Gasteiger partial charge in [-0.15, -0.1) is 0 Å². The highest BCUT2D eigenvalue weighted by Crippen LogP contribution is 2.45. The molecule has 1 saturated carbocycles. The van der Waals surface area contributed by atoms with E-state index >= 15 is 0 Å². The molecule has 3 aromatic carbocycles. The Labute approximate surface area is 224 Å². The maximum atomic E-state index is 14.2. The molecule has 2 atom stereocenters. The Hall–Kier alpha value is -4.46. The molecule has 4 amide bonds. The second kappa shape index (κ2) is 9.08. The summed E-state index contributed by atoms with van der Waals surface area (Å²) in [6.45, 7) is 0. The van der Waals surface area contributed by atoms with Crippen molar-refractivity contribution >= 4 is 34.4 Å². The van der Waals surface area contributed by atoms with Crippen LogP contribution in [0.1, 0.15) is 58.9 Å². The first-order chi connectivity index (χ1) is 19.0. The maximum absolute atomic E-state index is 14.2. The number of hydrogen-bond donors (Lipinski definition) is 2. The summed E-state index contributed by atoms with van der Waals surface area (Å²) >= 11 is 0. The first kappa shape index (κ1) is 23.6. The molecule has 4 aromatic rings. The van der Waals surface area contributed by atoms with Crippen molar-refractivity contribution in [3.05, 3.63) is 101 Å². The minimum Gasteiger partial charge on any atom is -0.356 e. The third-order valence-corrected chi connectivity index (χ3v) is 8.31. The highest BCUT2D eigenvalue weighted by molar-refractivity contribution is 6.24. The minimum absolute atomic E-state index is 0.100. The fraction of sp³-hybridized carbons (Fsp3) is 0.258. The Morgan fingerprint density at radius 2 is 1.64 bits per heavy atom. The quantitative estimate of drug-likeness (QED) is 0.349. The van der Waals surface area contributed by atoms with Crippen LogP contribution in [0, 0.1) is 5.82 Å². The first-order valence-electron chi connectivity index (χ1n) is 13.4. The molecule has 1 saturated heterocycles. The molecule has 7 nitrogen and oxygen atoms in total. The summed E-state index contributed by atoms with van der Waals surface area (Å²) in [6, 6.07) is 18.9. The summed E-state index contributed by atoms with van der Waals surface area (Å²) in [5.41, 5.74) is 3.98. The molecule has 1 aliphatic carbocycles. The zero-order valence-corrected chi connectivity index (χ0v) is 21.2. The number of carbonyl (C=O) groups is 3. The average molecular weight is 523 g/mol. The van der Waals surface area contributed by atoms with Crippen LogP contribution in [0.15, 0.2) is 72.8 Å². The molecule has 3 heterocycles. The standard InChI is InChI=1S/C31H27FN4O3/c32-19-15-13-18(14-16-19)28-27-23(21-9-3-5-11-24(21)34-27)17-26-30(38)36(31(39)35(26)28)25-12-6-4-10-22(25)29(37)33-20-7-1-2-8-20/h3-6,9-16,20,26,28,34H,1-2,7-8,17H2,(H,33,37)/t26-,28?/m0/s1. The van der Waals surface area contributed by atoms with E-state index in [1.165, 1.54) is 12.1 Å². The zero-order valence-electron chi connectivity index (χ0n) is 21.2. The molecule has 3 aliphatic rings. The minimum atomic E-state index is -0.759. The van der Waals surface area contributed by atoms with Crippen molar-refractivity contribution in [1.29, 1.82) is 0 Å². The highest BCUT2D eigenvalue weighted by atomic mass is 19.1. The molecule has 2 N–H and O–H groups in total. The number of carbonyl (C=O) groups excluding carboxylic acids is 3. The second-order valence-corrected chi connectivity index (χ2v) is 10.6. The van der Waals surface area contributed by atoms with Crippen LogP contribution < -0.4 is 10.2 Å². The van der Waals surface area contributed by atoms with E-state index in [0.717, 1.165) is 52.7 Å². The van der Waals surface area contributed by atoms with E-state index in [0.29, 0.717) is 17.5 Å². The Morgan fingerprint density at radius 3 is 2.44 bits per heavy atom. The summed E-state index contributed by atoms with van der Waals surface area (Å²) in [7, 11) is 0. The average Bonchev–Trinajstić information content (AvgIpc) is 3.65. The molecular formula is C31H27FN4O3. The van der Waals surface area contributed by atoms with E-state index in [1.54, 1.807) is 41.3 Å². The number of benzene rings is 3. The topological polar surface area (TPSA) is 85.5 Å². The third-order valence-electron chi connectivity index (χ3n) is 8.31. The number of anilines is 1. The van der Waals surface area contributed by atoms with Gasteiger partial charge in [-0.3, -0.25) is 14.5 Å². The molecule has 8 heteroatoms. The number of amides is 4. The van der Waals surface area contributed by atoms with Gasteiger partial charge in [0.05, 0.1) is 11.3 Å². The van der Waals surface area contributed by atoms with Gasteiger partial charge >= 0.3 is 6.03 Å². The van der Waals surface area contributed by atoms with E-state index in [1.807, 2.05) is 24.3 Å². The van der Waals surface area contributed by atoms with Gasteiger partial charge in [0.2, 0.25) is 0 Å². The summed E-state index contributed by atoms with van der Waals surface area (Å²) in [6.07, 6.45) is 4.35. The predicted octanol–water partition coefficient (Wildman–Crippen LogP) is 5.46. The highest BCUT2D eigenvalue weighted by Gasteiger charge is 2.53. The molecule has 0 radical (unpaired) electrons. The Bertz CT molecular complexity index is 1620. The van der Waals surface area contributed by atoms with Crippen LogP contribution in [0.5, 0.6) is 0 Å².